The summed E-state index contributed by atoms with van der Waals surface area (Å²) in [5, 5.41) is 4.71. The van der Waals surface area contributed by atoms with Crippen molar-refractivity contribution in [1.82, 2.24) is 10.6 Å². The van der Waals surface area contributed by atoms with E-state index in [1.807, 2.05) is 0 Å². The Balaban J connectivity index is 2.70. The predicted molar refractivity (Wildman–Crippen MR) is 57.2 cm³/mol. The van der Waals surface area contributed by atoms with Gasteiger partial charge < -0.3 is 16.4 Å². The summed E-state index contributed by atoms with van der Waals surface area (Å²) in [7, 11) is 1.46. The third-order valence-corrected chi connectivity index (χ3v) is 1.95. The summed E-state index contributed by atoms with van der Waals surface area (Å²) in [6.45, 7) is -0.147. The smallest absolute Gasteiger partial charge is 0.253 e. The van der Waals surface area contributed by atoms with E-state index >= 15 is 0 Å². The fourth-order valence-electron chi connectivity index (χ4n) is 1.08. The average Bonchev–Trinajstić information content (AvgIpc) is 2.25. The minimum Gasteiger partial charge on any atom is -0.398 e. The fraction of sp³-hybridized carbons (Fsp3) is 0.200. The molecule has 0 saturated heterocycles. The van der Waals surface area contributed by atoms with Crippen molar-refractivity contribution in [2.24, 2.45) is 0 Å². The molecule has 0 atom stereocenters. The number of likely N-dealkylation sites (N-methyl/N-ethyl adjacent to an activating group) is 1. The molecule has 5 nitrogen and oxygen atoms in total. The van der Waals surface area contributed by atoms with Crippen LogP contribution in [0.25, 0.3) is 0 Å². The molecule has 0 heterocycles. The minimum absolute atomic E-state index is 0.0365. The second-order valence-corrected chi connectivity index (χ2v) is 3.09. The molecule has 6 heteroatoms. The number of nitrogen functional groups attached to an aromatic ring is 1. The van der Waals surface area contributed by atoms with Crippen molar-refractivity contribution in [2.75, 3.05) is 19.3 Å². The summed E-state index contributed by atoms with van der Waals surface area (Å²) >= 11 is 0. The van der Waals surface area contributed by atoms with Gasteiger partial charge in [0, 0.05) is 12.7 Å². The minimum atomic E-state index is -0.514. The molecule has 0 fully saturated rings. The summed E-state index contributed by atoms with van der Waals surface area (Å²) < 4.78 is 12.7. The number of nitrogens with one attached hydrogen (secondary N) is 2. The maximum absolute atomic E-state index is 12.7. The zero-order valence-corrected chi connectivity index (χ0v) is 8.71. The monoisotopic (exact) mass is 225 g/mol. The van der Waals surface area contributed by atoms with Crippen LogP contribution in [0, 0.1) is 5.82 Å². The van der Waals surface area contributed by atoms with Crippen LogP contribution < -0.4 is 16.4 Å². The van der Waals surface area contributed by atoms with Crippen LogP contribution in [0.4, 0.5) is 10.1 Å². The molecule has 16 heavy (non-hydrogen) atoms. The Morgan fingerprint density at radius 2 is 2.12 bits per heavy atom. The molecule has 86 valence electrons. The van der Waals surface area contributed by atoms with Crippen molar-refractivity contribution < 1.29 is 14.0 Å². The normalized spacial score (nSPS) is 9.62. The first-order valence-electron chi connectivity index (χ1n) is 4.58. The third kappa shape index (κ3) is 2.94. The van der Waals surface area contributed by atoms with Crippen LogP contribution in [0.15, 0.2) is 18.2 Å². The van der Waals surface area contributed by atoms with Gasteiger partial charge in [-0.3, -0.25) is 9.59 Å². The first-order chi connectivity index (χ1) is 7.54. The van der Waals surface area contributed by atoms with Crippen LogP contribution >= 0.6 is 0 Å². The number of hydrogen-bond acceptors (Lipinski definition) is 3. The van der Waals surface area contributed by atoms with Crippen molar-refractivity contribution in [3.05, 3.63) is 29.6 Å². The summed E-state index contributed by atoms with van der Waals surface area (Å²) in [5.41, 5.74) is 5.64. The van der Waals surface area contributed by atoms with E-state index in [1.54, 1.807) is 0 Å². The molecule has 2 amide bonds. The van der Waals surface area contributed by atoms with Gasteiger partial charge >= 0.3 is 0 Å². The number of benzene rings is 1. The Bertz CT molecular complexity index is 421. The Hall–Kier alpha value is -2.11. The summed E-state index contributed by atoms with van der Waals surface area (Å²) in [5.74, 6) is -1.35. The van der Waals surface area contributed by atoms with Gasteiger partial charge in [-0.1, -0.05) is 0 Å². The fourth-order valence-corrected chi connectivity index (χ4v) is 1.08. The molecule has 1 rings (SSSR count). The van der Waals surface area contributed by atoms with Crippen LogP contribution in [0.1, 0.15) is 10.4 Å². The zero-order valence-electron chi connectivity index (χ0n) is 8.71. The number of anilines is 1. The lowest BCUT2D eigenvalue weighted by Crippen LogP contribution is -2.35. The molecular formula is C10H12FN3O2. The van der Waals surface area contributed by atoms with Gasteiger partial charge in [0.25, 0.3) is 5.91 Å². The lowest BCUT2D eigenvalue weighted by atomic mass is 10.1. The highest BCUT2D eigenvalue weighted by Gasteiger charge is 2.10. The van der Waals surface area contributed by atoms with Gasteiger partial charge in [0.05, 0.1) is 12.1 Å². The Morgan fingerprint density at radius 3 is 2.69 bits per heavy atom. The highest BCUT2D eigenvalue weighted by Crippen LogP contribution is 2.12. The van der Waals surface area contributed by atoms with Gasteiger partial charge in [-0.25, -0.2) is 4.39 Å². The number of halogens is 1. The molecule has 0 spiro atoms. The van der Waals surface area contributed by atoms with Crippen molar-refractivity contribution in [3.63, 3.8) is 0 Å². The molecule has 0 aromatic heterocycles. The van der Waals surface area contributed by atoms with Crippen molar-refractivity contribution in [3.8, 4) is 0 Å². The maximum atomic E-state index is 12.7. The molecule has 4 N–H and O–H groups in total. The van der Waals surface area contributed by atoms with Crippen molar-refractivity contribution >= 4 is 17.5 Å². The largest absolute Gasteiger partial charge is 0.398 e. The zero-order chi connectivity index (χ0) is 12.1. The first kappa shape index (κ1) is 12.0. The first-order valence-corrected chi connectivity index (χ1v) is 4.58. The number of carbonyl (C=O) groups excluding carboxylic acids is 2. The number of rotatable bonds is 3. The van der Waals surface area contributed by atoms with E-state index in [-0.39, 0.29) is 23.7 Å². The lowest BCUT2D eigenvalue weighted by molar-refractivity contribution is -0.119. The third-order valence-electron chi connectivity index (χ3n) is 1.95. The van der Waals surface area contributed by atoms with Crippen LogP contribution in [0.3, 0.4) is 0 Å². The van der Waals surface area contributed by atoms with Gasteiger partial charge in [-0.05, 0) is 18.2 Å². The Labute approximate surface area is 91.8 Å². The highest BCUT2D eigenvalue weighted by atomic mass is 19.1. The van der Waals surface area contributed by atoms with Gasteiger partial charge in [0.1, 0.15) is 5.82 Å². The molecular weight excluding hydrogens is 213 g/mol. The molecule has 0 unspecified atom stereocenters. The molecule has 0 aliphatic rings. The van der Waals surface area contributed by atoms with E-state index < -0.39 is 11.7 Å². The lowest BCUT2D eigenvalue weighted by Gasteiger charge is -2.06. The quantitative estimate of drug-likeness (QED) is 0.627. The van der Waals surface area contributed by atoms with Crippen molar-refractivity contribution in [1.29, 1.82) is 0 Å². The van der Waals surface area contributed by atoms with Crippen LogP contribution in [-0.4, -0.2) is 25.4 Å². The second kappa shape index (κ2) is 5.11. The molecule has 0 bridgehead atoms. The van der Waals surface area contributed by atoms with Gasteiger partial charge in [-0.2, -0.15) is 0 Å². The molecule has 0 aliphatic heterocycles. The highest BCUT2D eigenvalue weighted by molar-refractivity contribution is 6.00. The Kier molecular flexibility index (Phi) is 3.82. The van der Waals surface area contributed by atoms with E-state index in [4.69, 9.17) is 5.73 Å². The molecule has 1 aromatic rings. The van der Waals surface area contributed by atoms with E-state index in [2.05, 4.69) is 10.6 Å². The summed E-state index contributed by atoms with van der Waals surface area (Å²) in [6, 6.07) is 3.45. The summed E-state index contributed by atoms with van der Waals surface area (Å²) in [4.78, 5) is 22.4. The second-order valence-electron chi connectivity index (χ2n) is 3.09. The van der Waals surface area contributed by atoms with E-state index in [0.717, 1.165) is 12.1 Å². The Morgan fingerprint density at radius 1 is 1.44 bits per heavy atom. The number of hydrogen-bond donors (Lipinski definition) is 3. The predicted octanol–water partition coefficient (Wildman–Crippen LogP) is -0.116. The van der Waals surface area contributed by atoms with Crippen LogP contribution in [-0.2, 0) is 4.79 Å². The average molecular weight is 225 g/mol. The number of amides is 2. The standard InChI is InChI=1S/C10H12FN3O2/c1-13-9(15)5-14-10(16)7-3-2-6(11)4-8(7)12/h2-4H,5,12H2,1H3,(H,13,15)(H,14,16). The van der Waals surface area contributed by atoms with Crippen molar-refractivity contribution in [2.45, 2.75) is 0 Å². The van der Waals surface area contributed by atoms with Gasteiger partial charge in [-0.15, -0.1) is 0 Å². The van der Waals surface area contributed by atoms with Crippen LogP contribution in [0.5, 0.6) is 0 Å². The number of carbonyl (C=O) groups is 2. The molecule has 0 aliphatic carbocycles. The summed E-state index contributed by atoms with van der Waals surface area (Å²) in [6.07, 6.45) is 0. The van der Waals surface area contributed by atoms with Gasteiger partial charge in [0.15, 0.2) is 0 Å². The topological polar surface area (TPSA) is 84.2 Å². The van der Waals surface area contributed by atoms with E-state index in [9.17, 15) is 14.0 Å². The number of nitrogens with two attached hydrogens (primary N) is 1. The maximum Gasteiger partial charge on any atom is 0.253 e. The van der Waals surface area contributed by atoms with E-state index in [1.165, 1.54) is 13.1 Å². The van der Waals surface area contributed by atoms with E-state index in [0.29, 0.717) is 0 Å². The molecule has 0 radical (unpaired) electrons. The molecule has 0 saturated carbocycles. The van der Waals surface area contributed by atoms with Gasteiger partial charge in [0.2, 0.25) is 5.91 Å². The SMILES string of the molecule is CNC(=O)CNC(=O)c1ccc(F)cc1N. The van der Waals surface area contributed by atoms with Crippen LogP contribution in [0.2, 0.25) is 0 Å². The molecule has 1 aromatic carbocycles.